The summed E-state index contributed by atoms with van der Waals surface area (Å²) < 4.78 is 0. The lowest BCUT2D eigenvalue weighted by molar-refractivity contribution is 0.964. The van der Waals surface area contributed by atoms with Crippen LogP contribution in [0.15, 0.2) is 60.9 Å². The number of rotatable bonds is 7. The first kappa shape index (κ1) is 15.9. The Kier molecular flexibility index (Phi) is 5.35. The molecule has 0 fully saturated rings. The van der Waals surface area contributed by atoms with Gasteiger partial charge in [0.05, 0.1) is 0 Å². The second kappa shape index (κ2) is 8.06. The van der Waals surface area contributed by atoms with E-state index >= 15 is 0 Å². The van der Waals surface area contributed by atoms with Crippen molar-refractivity contribution in [2.45, 2.75) is 19.9 Å². The summed E-state index contributed by atoms with van der Waals surface area (Å²) in [4.78, 5) is 13.4. The number of anilines is 2. The van der Waals surface area contributed by atoms with E-state index in [1.54, 1.807) is 6.20 Å². The molecule has 0 spiro atoms. The SMILES string of the molecule is CCCNc1cc(NCc2cccnc2)nc(-c2ccccc2)n1. The summed E-state index contributed by atoms with van der Waals surface area (Å²) in [5, 5.41) is 6.70. The number of benzene rings is 1. The molecular formula is C19H21N5. The van der Waals surface area contributed by atoms with Gasteiger partial charge in [-0.2, -0.15) is 0 Å². The highest BCUT2D eigenvalue weighted by molar-refractivity contribution is 5.61. The van der Waals surface area contributed by atoms with Crippen molar-refractivity contribution >= 4 is 11.6 Å². The van der Waals surface area contributed by atoms with E-state index in [1.165, 1.54) is 0 Å². The number of aromatic nitrogens is 3. The molecule has 122 valence electrons. The van der Waals surface area contributed by atoms with Gasteiger partial charge in [-0.05, 0) is 18.1 Å². The van der Waals surface area contributed by atoms with Crippen LogP contribution in [0, 0.1) is 0 Å². The monoisotopic (exact) mass is 319 g/mol. The van der Waals surface area contributed by atoms with E-state index in [9.17, 15) is 0 Å². The maximum atomic E-state index is 4.64. The van der Waals surface area contributed by atoms with Crippen molar-refractivity contribution in [1.29, 1.82) is 0 Å². The summed E-state index contributed by atoms with van der Waals surface area (Å²) >= 11 is 0. The van der Waals surface area contributed by atoms with Gasteiger partial charge in [-0.25, -0.2) is 9.97 Å². The zero-order valence-electron chi connectivity index (χ0n) is 13.7. The van der Waals surface area contributed by atoms with Gasteiger partial charge < -0.3 is 10.6 Å². The maximum absolute atomic E-state index is 4.64. The van der Waals surface area contributed by atoms with Crippen LogP contribution >= 0.6 is 0 Å². The van der Waals surface area contributed by atoms with Gasteiger partial charge >= 0.3 is 0 Å². The summed E-state index contributed by atoms with van der Waals surface area (Å²) in [5.41, 5.74) is 2.11. The van der Waals surface area contributed by atoms with E-state index in [2.05, 4.69) is 32.5 Å². The Bertz CT molecular complexity index is 759. The van der Waals surface area contributed by atoms with E-state index < -0.39 is 0 Å². The third-order valence-corrected chi connectivity index (χ3v) is 3.51. The number of nitrogens with zero attached hydrogens (tertiary/aromatic N) is 3. The molecule has 5 heteroatoms. The van der Waals surface area contributed by atoms with Crippen molar-refractivity contribution in [2.75, 3.05) is 17.2 Å². The standard InChI is InChI=1S/C19H21N5/c1-2-10-21-17-12-18(22-14-15-7-6-11-20-13-15)24-19(23-17)16-8-4-3-5-9-16/h3-9,11-13H,2,10,14H2,1H3,(H2,21,22,23,24). The number of hydrogen-bond acceptors (Lipinski definition) is 5. The lowest BCUT2D eigenvalue weighted by Crippen LogP contribution is -2.07. The predicted molar refractivity (Wildman–Crippen MR) is 97.8 cm³/mol. The molecule has 3 rings (SSSR count). The van der Waals surface area contributed by atoms with E-state index in [4.69, 9.17) is 0 Å². The van der Waals surface area contributed by atoms with Crippen molar-refractivity contribution in [3.8, 4) is 11.4 Å². The molecule has 0 unspecified atom stereocenters. The molecule has 24 heavy (non-hydrogen) atoms. The third-order valence-electron chi connectivity index (χ3n) is 3.51. The fourth-order valence-corrected chi connectivity index (χ4v) is 2.29. The largest absolute Gasteiger partial charge is 0.370 e. The van der Waals surface area contributed by atoms with Crippen LogP contribution in [-0.2, 0) is 6.54 Å². The second-order valence-electron chi connectivity index (χ2n) is 5.47. The molecule has 0 amide bonds. The normalized spacial score (nSPS) is 10.4. The first-order valence-corrected chi connectivity index (χ1v) is 8.16. The van der Waals surface area contributed by atoms with Gasteiger partial charge in [0, 0.05) is 37.1 Å². The number of pyridine rings is 1. The van der Waals surface area contributed by atoms with Gasteiger partial charge in [-0.15, -0.1) is 0 Å². The Morgan fingerprint density at radius 1 is 0.917 bits per heavy atom. The minimum atomic E-state index is 0.673. The average molecular weight is 319 g/mol. The van der Waals surface area contributed by atoms with Crippen LogP contribution in [0.2, 0.25) is 0 Å². The minimum Gasteiger partial charge on any atom is -0.370 e. The van der Waals surface area contributed by atoms with Crippen LogP contribution in [-0.4, -0.2) is 21.5 Å². The Morgan fingerprint density at radius 3 is 2.42 bits per heavy atom. The van der Waals surface area contributed by atoms with Gasteiger partial charge in [0.25, 0.3) is 0 Å². The highest BCUT2D eigenvalue weighted by Gasteiger charge is 2.06. The van der Waals surface area contributed by atoms with Crippen molar-refractivity contribution in [2.24, 2.45) is 0 Å². The summed E-state index contributed by atoms with van der Waals surface area (Å²) in [7, 11) is 0. The molecule has 0 radical (unpaired) electrons. The van der Waals surface area contributed by atoms with E-state index in [0.717, 1.165) is 35.7 Å². The molecule has 2 heterocycles. The summed E-state index contributed by atoms with van der Waals surface area (Å²) in [5.74, 6) is 2.34. The van der Waals surface area contributed by atoms with Gasteiger partial charge in [0.1, 0.15) is 11.6 Å². The summed E-state index contributed by atoms with van der Waals surface area (Å²) in [6.07, 6.45) is 4.67. The predicted octanol–water partition coefficient (Wildman–Crippen LogP) is 3.97. The molecule has 2 aromatic heterocycles. The summed E-state index contributed by atoms with van der Waals surface area (Å²) in [6, 6.07) is 15.9. The van der Waals surface area contributed by atoms with Crippen LogP contribution in [0.3, 0.4) is 0 Å². The second-order valence-corrected chi connectivity index (χ2v) is 5.47. The van der Waals surface area contributed by atoms with Crippen LogP contribution < -0.4 is 10.6 Å². The van der Waals surface area contributed by atoms with Crippen LogP contribution in [0.4, 0.5) is 11.6 Å². The molecule has 5 nitrogen and oxygen atoms in total. The molecule has 0 aliphatic carbocycles. The maximum Gasteiger partial charge on any atom is 0.163 e. The van der Waals surface area contributed by atoms with Crippen molar-refractivity contribution in [3.05, 3.63) is 66.5 Å². The molecule has 0 aliphatic heterocycles. The molecular weight excluding hydrogens is 298 g/mol. The molecule has 0 bridgehead atoms. The first-order chi connectivity index (χ1) is 11.8. The molecule has 2 N–H and O–H groups in total. The highest BCUT2D eigenvalue weighted by atomic mass is 15.1. The van der Waals surface area contributed by atoms with Crippen molar-refractivity contribution < 1.29 is 0 Å². The van der Waals surface area contributed by atoms with Gasteiger partial charge in [0.2, 0.25) is 0 Å². The number of nitrogens with one attached hydrogen (secondary N) is 2. The Balaban J connectivity index is 1.84. The van der Waals surface area contributed by atoms with E-state index in [0.29, 0.717) is 12.4 Å². The fourth-order valence-electron chi connectivity index (χ4n) is 2.29. The number of hydrogen-bond donors (Lipinski definition) is 2. The zero-order chi connectivity index (χ0) is 16.6. The van der Waals surface area contributed by atoms with Gasteiger partial charge in [-0.1, -0.05) is 43.3 Å². The lowest BCUT2D eigenvalue weighted by atomic mass is 10.2. The fraction of sp³-hybridized carbons (Fsp3) is 0.211. The van der Waals surface area contributed by atoms with Crippen LogP contribution in [0.25, 0.3) is 11.4 Å². The Labute approximate surface area is 142 Å². The van der Waals surface area contributed by atoms with Crippen molar-refractivity contribution in [1.82, 2.24) is 15.0 Å². The van der Waals surface area contributed by atoms with Crippen molar-refractivity contribution in [3.63, 3.8) is 0 Å². The quantitative estimate of drug-likeness (QED) is 0.690. The topological polar surface area (TPSA) is 62.7 Å². The molecule has 0 aliphatic rings. The molecule has 0 saturated carbocycles. The Hall–Kier alpha value is -2.95. The molecule has 0 saturated heterocycles. The average Bonchev–Trinajstić information content (AvgIpc) is 2.66. The van der Waals surface area contributed by atoms with Crippen LogP contribution in [0.5, 0.6) is 0 Å². The van der Waals surface area contributed by atoms with Gasteiger partial charge in [0.15, 0.2) is 5.82 Å². The molecule has 0 atom stereocenters. The Morgan fingerprint density at radius 2 is 1.71 bits per heavy atom. The van der Waals surface area contributed by atoms with Gasteiger partial charge in [-0.3, -0.25) is 4.98 Å². The summed E-state index contributed by atoms with van der Waals surface area (Å²) in [6.45, 7) is 3.69. The zero-order valence-corrected chi connectivity index (χ0v) is 13.7. The molecule has 3 aromatic rings. The minimum absolute atomic E-state index is 0.673. The lowest BCUT2D eigenvalue weighted by Gasteiger charge is -2.11. The van der Waals surface area contributed by atoms with E-state index in [1.807, 2.05) is 54.7 Å². The highest BCUT2D eigenvalue weighted by Crippen LogP contribution is 2.20. The smallest absolute Gasteiger partial charge is 0.163 e. The van der Waals surface area contributed by atoms with Crippen LogP contribution in [0.1, 0.15) is 18.9 Å². The first-order valence-electron chi connectivity index (χ1n) is 8.16. The van der Waals surface area contributed by atoms with E-state index in [-0.39, 0.29) is 0 Å². The molecule has 1 aromatic carbocycles. The third kappa shape index (κ3) is 4.29.